The van der Waals surface area contributed by atoms with E-state index in [0.29, 0.717) is 64.6 Å². The van der Waals surface area contributed by atoms with Gasteiger partial charge in [-0.1, -0.05) is 12.1 Å². The van der Waals surface area contributed by atoms with Crippen LogP contribution in [0.25, 0.3) is 0 Å². The molecule has 232 valence electrons. The molecule has 13 heteroatoms. The van der Waals surface area contributed by atoms with Crippen LogP contribution in [0.2, 0.25) is 0 Å². The van der Waals surface area contributed by atoms with Crippen LogP contribution >= 0.6 is 15.9 Å². The summed E-state index contributed by atoms with van der Waals surface area (Å²) in [5.74, 6) is 2.07. The second-order valence-corrected chi connectivity index (χ2v) is 14.6. The molecule has 1 aromatic heterocycles. The molecule has 2 aliphatic heterocycles. The first-order valence-corrected chi connectivity index (χ1v) is 17.3. The predicted octanol–water partition coefficient (Wildman–Crippen LogP) is 5.76. The average molecular weight is 682 g/mol. The van der Waals surface area contributed by atoms with Crippen molar-refractivity contribution in [1.29, 1.82) is 5.26 Å². The van der Waals surface area contributed by atoms with Gasteiger partial charge < -0.3 is 20.3 Å². The Bertz CT molecular complexity index is 1660. The van der Waals surface area contributed by atoms with Gasteiger partial charge in [-0.3, -0.25) is 9.62 Å². The molecule has 2 aromatic carbocycles. The van der Waals surface area contributed by atoms with Gasteiger partial charge in [0.05, 0.1) is 40.0 Å². The molecule has 0 atom stereocenters. The average Bonchev–Trinajstić information content (AvgIpc) is 3.85. The topological polar surface area (TPSA) is 136 Å². The Kier molecular flexibility index (Phi) is 8.84. The number of likely N-dealkylation sites (tertiary alicyclic amines) is 1. The zero-order valence-electron chi connectivity index (χ0n) is 24.9. The summed E-state index contributed by atoms with van der Waals surface area (Å²) in [7, 11) is -1.77. The number of para-hydroxylation sites is 2. The van der Waals surface area contributed by atoms with E-state index in [-0.39, 0.29) is 5.25 Å². The molecule has 3 heterocycles. The summed E-state index contributed by atoms with van der Waals surface area (Å²) in [4.78, 5) is 14.1. The largest absolute Gasteiger partial charge is 0.494 e. The van der Waals surface area contributed by atoms with E-state index in [2.05, 4.69) is 76.2 Å². The number of ether oxygens (including phenoxy) is 1. The summed E-state index contributed by atoms with van der Waals surface area (Å²) in [6.07, 6.45) is 5.89. The van der Waals surface area contributed by atoms with Crippen LogP contribution in [0.4, 0.5) is 34.5 Å². The first-order chi connectivity index (χ1) is 21.2. The SMILES string of the molecule is COc1cc(N2CCC(N3CC(CC#N)C3)CC2)c(C)cc1Nc1ncc(Br)c(Nc2ccccc2NS(=O)(=O)C2CC2)n1. The number of halogens is 1. The van der Waals surface area contributed by atoms with Gasteiger partial charge in [-0.15, -0.1) is 0 Å². The van der Waals surface area contributed by atoms with Gasteiger partial charge in [-0.2, -0.15) is 10.2 Å². The van der Waals surface area contributed by atoms with E-state index in [1.54, 1.807) is 31.5 Å². The quantitative estimate of drug-likeness (QED) is 0.229. The third-order valence-electron chi connectivity index (χ3n) is 8.59. The summed E-state index contributed by atoms with van der Waals surface area (Å²) < 4.78 is 34.3. The van der Waals surface area contributed by atoms with Crippen LogP contribution < -0.4 is 25.0 Å². The second kappa shape index (κ2) is 12.8. The highest BCUT2D eigenvalue weighted by molar-refractivity contribution is 9.10. The minimum atomic E-state index is -3.42. The van der Waals surface area contributed by atoms with Gasteiger partial charge in [0.2, 0.25) is 16.0 Å². The number of aryl methyl sites for hydroxylation is 1. The van der Waals surface area contributed by atoms with Crippen molar-refractivity contribution < 1.29 is 13.2 Å². The number of methoxy groups -OCH3 is 1. The second-order valence-electron chi connectivity index (χ2n) is 11.8. The summed E-state index contributed by atoms with van der Waals surface area (Å²) >= 11 is 3.52. The Balaban J connectivity index is 1.14. The molecular formula is C31H37BrN8O3S. The molecule has 3 aromatic rings. The molecule has 1 aliphatic carbocycles. The third kappa shape index (κ3) is 6.72. The monoisotopic (exact) mass is 680 g/mol. The molecule has 3 fully saturated rings. The molecule has 2 saturated heterocycles. The highest BCUT2D eigenvalue weighted by Crippen LogP contribution is 2.38. The van der Waals surface area contributed by atoms with Gasteiger partial charge in [-0.25, -0.2) is 13.4 Å². The Morgan fingerprint density at radius 2 is 1.80 bits per heavy atom. The molecule has 0 amide bonds. The number of nitrogens with one attached hydrogen (secondary N) is 3. The number of piperidine rings is 1. The Hall–Kier alpha value is -3.60. The van der Waals surface area contributed by atoms with Crippen LogP contribution in [0.15, 0.2) is 47.1 Å². The molecule has 3 N–H and O–H groups in total. The highest BCUT2D eigenvalue weighted by atomic mass is 79.9. The fourth-order valence-corrected chi connectivity index (χ4v) is 7.68. The number of rotatable bonds is 11. The molecule has 0 radical (unpaired) electrons. The van der Waals surface area contributed by atoms with Crippen molar-refractivity contribution in [2.45, 2.75) is 50.3 Å². The lowest BCUT2D eigenvalue weighted by Gasteiger charge is -2.47. The van der Waals surface area contributed by atoms with Gasteiger partial charge in [0.25, 0.3) is 0 Å². The minimum Gasteiger partial charge on any atom is -0.494 e. The molecular weight excluding hydrogens is 644 g/mol. The van der Waals surface area contributed by atoms with E-state index in [4.69, 9.17) is 10.00 Å². The standard InChI is InChI=1S/C31H37BrN8O3S/c1-20-15-27(29(43-2)16-28(20)39-13-10-22(11-14-39)40-18-21(19-40)9-12-33)36-31-34-17-24(32)30(37-31)35-25-5-3-4-6-26(25)38-44(41,42)23-7-8-23/h3-6,15-17,21-23,38H,7-11,13-14,18-19H2,1-2H3,(H2,34,35,36,37). The molecule has 3 aliphatic rings. The lowest BCUT2D eigenvalue weighted by molar-refractivity contribution is 0.0435. The minimum absolute atomic E-state index is 0.331. The maximum absolute atomic E-state index is 12.6. The van der Waals surface area contributed by atoms with Gasteiger partial charge in [0.1, 0.15) is 11.6 Å². The fraction of sp³-hybridized carbons (Fsp3) is 0.452. The smallest absolute Gasteiger partial charge is 0.235 e. The van der Waals surface area contributed by atoms with Crippen molar-refractivity contribution in [3.05, 3.63) is 52.6 Å². The lowest BCUT2D eigenvalue weighted by Crippen LogP contribution is -2.55. The van der Waals surface area contributed by atoms with E-state index >= 15 is 0 Å². The van der Waals surface area contributed by atoms with E-state index in [9.17, 15) is 8.42 Å². The molecule has 0 spiro atoms. The van der Waals surface area contributed by atoms with Crippen molar-refractivity contribution in [2.24, 2.45) is 5.92 Å². The van der Waals surface area contributed by atoms with Crippen LogP contribution in [-0.2, 0) is 10.0 Å². The third-order valence-corrected chi connectivity index (χ3v) is 11.0. The number of anilines is 6. The molecule has 11 nitrogen and oxygen atoms in total. The summed E-state index contributed by atoms with van der Waals surface area (Å²) in [6, 6.07) is 14.2. The van der Waals surface area contributed by atoms with Gasteiger partial charge in [0.15, 0.2) is 0 Å². The van der Waals surface area contributed by atoms with E-state index in [1.807, 2.05) is 6.07 Å². The van der Waals surface area contributed by atoms with Crippen LogP contribution in [0.1, 0.15) is 37.7 Å². The van der Waals surface area contributed by atoms with Crippen molar-refractivity contribution in [1.82, 2.24) is 14.9 Å². The molecule has 6 rings (SSSR count). The number of sulfonamides is 1. The van der Waals surface area contributed by atoms with Gasteiger partial charge >= 0.3 is 0 Å². The van der Waals surface area contributed by atoms with Gasteiger partial charge in [0, 0.05) is 56.6 Å². The number of hydrogen-bond acceptors (Lipinski definition) is 10. The number of nitrogens with zero attached hydrogens (tertiary/aromatic N) is 5. The maximum atomic E-state index is 12.6. The first-order valence-electron chi connectivity index (χ1n) is 15.0. The molecule has 1 saturated carbocycles. The van der Waals surface area contributed by atoms with Crippen molar-refractivity contribution in [2.75, 3.05) is 53.5 Å². The van der Waals surface area contributed by atoms with Crippen molar-refractivity contribution in [3.8, 4) is 11.8 Å². The summed E-state index contributed by atoms with van der Waals surface area (Å²) in [5.41, 5.74) is 4.07. The highest BCUT2D eigenvalue weighted by Gasteiger charge is 2.36. The molecule has 44 heavy (non-hydrogen) atoms. The van der Waals surface area contributed by atoms with Crippen molar-refractivity contribution in [3.63, 3.8) is 0 Å². The fourth-order valence-electron chi connectivity index (χ4n) is 5.98. The number of hydrogen-bond donors (Lipinski definition) is 3. The lowest BCUT2D eigenvalue weighted by atomic mass is 9.91. The Labute approximate surface area is 267 Å². The van der Waals surface area contributed by atoms with E-state index < -0.39 is 10.0 Å². The normalized spacial score (nSPS) is 17.9. The summed E-state index contributed by atoms with van der Waals surface area (Å²) in [6.45, 7) is 6.15. The predicted molar refractivity (Wildman–Crippen MR) is 177 cm³/mol. The Morgan fingerprint density at radius 3 is 2.48 bits per heavy atom. The zero-order valence-corrected chi connectivity index (χ0v) is 27.3. The maximum Gasteiger partial charge on any atom is 0.235 e. The van der Waals surface area contributed by atoms with Crippen LogP contribution in [0, 0.1) is 24.2 Å². The van der Waals surface area contributed by atoms with Crippen molar-refractivity contribution >= 4 is 60.5 Å². The Morgan fingerprint density at radius 1 is 1.07 bits per heavy atom. The number of nitriles is 1. The first kappa shape index (κ1) is 30.4. The number of aromatic nitrogens is 2. The summed E-state index contributed by atoms with van der Waals surface area (Å²) in [5, 5.41) is 15.2. The van der Waals surface area contributed by atoms with Gasteiger partial charge in [-0.05, 0) is 78.2 Å². The number of benzene rings is 2. The van der Waals surface area contributed by atoms with E-state index in [1.165, 1.54) is 0 Å². The zero-order chi connectivity index (χ0) is 30.8. The molecule has 0 bridgehead atoms. The van der Waals surface area contributed by atoms with Crippen LogP contribution in [0.3, 0.4) is 0 Å². The van der Waals surface area contributed by atoms with Crippen LogP contribution in [0.5, 0.6) is 5.75 Å². The van der Waals surface area contributed by atoms with Crippen LogP contribution in [-0.4, -0.2) is 67.9 Å². The molecule has 0 unspecified atom stereocenters. The van der Waals surface area contributed by atoms with E-state index in [0.717, 1.165) is 56.0 Å².